The highest BCUT2D eigenvalue weighted by Gasteiger charge is 2.20. The lowest BCUT2D eigenvalue weighted by atomic mass is 9.84. The number of guanidine groups is 1. The second kappa shape index (κ2) is 13.2. The Hall–Kier alpha value is -3.95. The lowest BCUT2D eigenvalue weighted by Crippen LogP contribution is -2.34. The Kier molecular flexibility index (Phi) is 9.51. The van der Waals surface area contributed by atoms with E-state index in [1.807, 2.05) is 12.1 Å². The van der Waals surface area contributed by atoms with Crippen molar-refractivity contribution in [3.05, 3.63) is 93.5 Å². The number of aliphatic imine (C=N–C) groups is 1. The molecule has 1 fully saturated rings. The molecule has 202 valence electrons. The molecule has 3 amide bonds. The van der Waals surface area contributed by atoms with Gasteiger partial charge in [0, 0.05) is 27.0 Å². The monoisotopic (exact) mass is 565 g/mol. The van der Waals surface area contributed by atoms with E-state index in [-0.39, 0.29) is 18.5 Å². The number of nitrogens with zero attached hydrogens (tertiary/aromatic N) is 4. The van der Waals surface area contributed by atoms with Crippen molar-refractivity contribution in [2.45, 2.75) is 44.6 Å². The molecule has 0 bridgehead atoms. The van der Waals surface area contributed by atoms with Gasteiger partial charge in [-0.3, -0.25) is 9.69 Å². The van der Waals surface area contributed by atoms with Crippen molar-refractivity contribution in [1.29, 1.82) is 0 Å². The number of carbonyl (C=O) groups is 2. The van der Waals surface area contributed by atoms with Gasteiger partial charge in [-0.1, -0.05) is 77.1 Å². The van der Waals surface area contributed by atoms with Gasteiger partial charge >= 0.3 is 6.03 Å². The number of benzene rings is 3. The highest BCUT2D eigenvalue weighted by atomic mass is 35.5. The number of amides is 3. The Morgan fingerprint density at radius 1 is 0.923 bits per heavy atom. The van der Waals surface area contributed by atoms with Gasteiger partial charge < -0.3 is 16.9 Å². The van der Waals surface area contributed by atoms with Crippen molar-refractivity contribution in [1.82, 2.24) is 0 Å². The third-order valence-corrected chi connectivity index (χ3v) is 6.99. The maximum absolute atomic E-state index is 13.5. The number of hydrogen-bond donors (Lipinski definition) is 3. The number of halogens is 2. The molecular weight excluding hydrogens is 537 g/mol. The number of nitrogens with two attached hydrogens (primary N) is 2. The largest absolute Gasteiger partial charge is 0.366 e. The summed E-state index contributed by atoms with van der Waals surface area (Å²) in [6.45, 7) is 0.240. The Morgan fingerprint density at radius 3 is 2.18 bits per heavy atom. The summed E-state index contributed by atoms with van der Waals surface area (Å²) in [5, 5.41) is 10.0. The van der Waals surface area contributed by atoms with Crippen LogP contribution in [0.1, 0.15) is 59.5 Å². The second-order valence-corrected chi connectivity index (χ2v) is 10.2. The molecule has 0 spiro atoms. The van der Waals surface area contributed by atoms with E-state index in [1.54, 1.807) is 47.4 Å². The minimum atomic E-state index is -0.586. The summed E-state index contributed by atoms with van der Waals surface area (Å²) >= 11 is 12.3. The molecule has 9 nitrogen and oxygen atoms in total. The van der Waals surface area contributed by atoms with E-state index in [0.717, 1.165) is 11.3 Å². The number of rotatable bonds is 6. The predicted molar refractivity (Wildman–Crippen MR) is 155 cm³/mol. The Morgan fingerprint density at radius 2 is 1.56 bits per heavy atom. The summed E-state index contributed by atoms with van der Waals surface area (Å²) < 4.78 is 0. The number of hydrogen-bond acceptors (Lipinski definition) is 3. The zero-order chi connectivity index (χ0) is 27.8. The van der Waals surface area contributed by atoms with Crippen LogP contribution in [0.25, 0.3) is 0 Å². The fourth-order valence-corrected chi connectivity index (χ4v) is 5.17. The summed E-state index contributed by atoms with van der Waals surface area (Å²) in [4.78, 5) is 31.1. The molecule has 1 aliphatic carbocycles. The van der Waals surface area contributed by atoms with Gasteiger partial charge in [-0.25, -0.2) is 4.79 Å². The van der Waals surface area contributed by atoms with Gasteiger partial charge in [0.05, 0.1) is 6.54 Å². The first-order valence-corrected chi connectivity index (χ1v) is 13.3. The molecule has 0 saturated heterocycles. The van der Waals surface area contributed by atoms with Crippen LogP contribution >= 0.6 is 23.2 Å². The van der Waals surface area contributed by atoms with E-state index in [9.17, 15) is 9.59 Å². The molecule has 4 rings (SSSR count). The van der Waals surface area contributed by atoms with E-state index in [1.165, 1.54) is 37.7 Å². The maximum Gasteiger partial charge on any atom is 0.326 e. The van der Waals surface area contributed by atoms with E-state index in [2.05, 4.69) is 32.8 Å². The van der Waals surface area contributed by atoms with Gasteiger partial charge in [-0.2, -0.15) is 4.99 Å². The number of anilines is 2. The van der Waals surface area contributed by atoms with Crippen LogP contribution in [0.2, 0.25) is 10.0 Å². The lowest BCUT2D eigenvalue weighted by molar-refractivity contribution is 0.100. The summed E-state index contributed by atoms with van der Waals surface area (Å²) in [6, 6.07) is 19.3. The van der Waals surface area contributed by atoms with Crippen molar-refractivity contribution >= 4 is 52.5 Å². The molecule has 1 saturated carbocycles. The smallest absolute Gasteiger partial charge is 0.326 e. The second-order valence-electron chi connectivity index (χ2n) is 9.29. The molecule has 3 aromatic carbocycles. The van der Waals surface area contributed by atoms with Crippen LogP contribution in [-0.4, -0.2) is 17.9 Å². The average Bonchev–Trinajstić information content (AvgIpc) is 2.92. The summed E-state index contributed by atoms with van der Waals surface area (Å²) in [5.74, 6) is 4.55. The normalized spacial score (nSPS) is 14.4. The van der Waals surface area contributed by atoms with Crippen LogP contribution in [0.15, 0.2) is 82.1 Å². The van der Waals surface area contributed by atoms with Crippen LogP contribution in [0.5, 0.6) is 0 Å². The molecule has 11 heteroatoms. The minimum absolute atomic E-state index is 0.240. The number of carbonyl (C=O) groups excluding carboxylic acids is 2. The first-order chi connectivity index (χ1) is 18.8. The predicted octanol–water partition coefficient (Wildman–Crippen LogP) is 7.06. The van der Waals surface area contributed by atoms with E-state index in [0.29, 0.717) is 27.2 Å². The molecule has 0 heterocycles. The van der Waals surface area contributed by atoms with E-state index < -0.39 is 5.91 Å². The standard InChI is InChI=1S/C28H29Cl2N7O2/c29-22-14-23(30)16-24(15-22)33-28(39)37(25-12-10-20(11-13-25)19-4-2-1-3-5-19)17-18-6-8-21(9-7-18)26(38)34-27(31)35-36-32/h6-16,19H,1-5,17H2,(H,33,39)(H4,31,32,34,35,38). The van der Waals surface area contributed by atoms with Crippen LogP contribution in [0.3, 0.4) is 0 Å². The van der Waals surface area contributed by atoms with Crippen molar-refractivity contribution in [3.63, 3.8) is 0 Å². The van der Waals surface area contributed by atoms with Crippen LogP contribution in [0, 0.1) is 0 Å². The number of nitrogens with one attached hydrogen (secondary N) is 1. The Bertz CT molecular complexity index is 1350. The lowest BCUT2D eigenvalue weighted by Gasteiger charge is -2.26. The van der Waals surface area contributed by atoms with Gasteiger partial charge in [-0.15, -0.1) is 0 Å². The third kappa shape index (κ3) is 7.78. The molecule has 1 aliphatic rings. The fourth-order valence-electron chi connectivity index (χ4n) is 4.65. The quantitative estimate of drug-likeness (QED) is 0.0966. The first kappa shape index (κ1) is 28.1. The molecule has 0 aliphatic heterocycles. The zero-order valence-electron chi connectivity index (χ0n) is 21.2. The molecular formula is C28H29Cl2N7O2. The van der Waals surface area contributed by atoms with Crippen LogP contribution in [0.4, 0.5) is 16.2 Å². The molecule has 0 aromatic heterocycles. The fraction of sp³-hybridized carbons (Fsp3) is 0.250. The third-order valence-electron chi connectivity index (χ3n) is 6.56. The summed E-state index contributed by atoms with van der Waals surface area (Å²) in [5.41, 5.74) is 9.07. The number of urea groups is 1. The molecule has 5 N–H and O–H groups in total. The van der Waals surface area contributed by atoms with Gasteiger partial charge in [0.15, 0.2) is 0 Å². The molecule has 0 unspecified atom stereocenters. The molecule has 0 atom stereocenters. The van der Waals surface area contributed by atoms with Crippen LogP contribution < -0.4 is 21.8 Å². The van der Waals surface area contributed by atoms with Gasteiger partial charge in [-0.05, 0) is 72.4 Å². The summed E-state index contributed by atoms with van der Waals surface area (Å²) in [6.07, 6.45) is 6.16. The Balaban J connectivity index is 1.57. The highest BCUT2D eigenvalue weighted by molar-refractivity contribution is 6.35. The molecule has 0 radical (unpaired) electrons. The van der Waals surface area contributed by atoms with Crippen molar-refractivity contribution in [3.8, 4) is 0 Å². The maximum atomic E-state index is 13.5. The minimum Gasteiger partial charge on any atom is -0.366 e. The SMILES string of the molecule is N/N=N\C(N)=NC(=O)c1ccc(CN(C(=O)Nc2cc(Cl)cc(Cl)c2)c2ccc(C3CCCCC3)cc2)cc1. The van der Waals surface area contributed by atoms with Crippen molar-refractivity contribution < 1.29 is 9.59 Å². The van der Waals surface area contributed by atoms with Crippen LogP contribution in [-0.2, 0) is 6.54 Å². The zero-order valence-corrected chi connectivity index (χ0v) is 22.7. The Labute approximate surface area is 236 Å². The summed E-state index contributed by atoms with van der Waals surface area (Å²) in [7, 11) is 0. The topological polar surface area (TPSA) is 139 Å². The van der Waals surface area contributed by atoms with Gasteiger partial charge in [0.25, 0.3) is 5.91 Å². The highest BCUT2D eigenvalue weighted by Crippen LogP contribution is 2.34. The van der Waals surface area contributed by atoms with Crippen molar-refractivity contribution in [2.75, 3.05) is 10.2 Å². The molecule has 3 aromatic rings. The average molecular weight is 566 g/mol. The van der Waals surface area contributed by atoms with Gasteiger partial charge in [0.2, 0.25) is 5.96 Å². The van der Waals surface area contributed by atoms with E-state index in [4.69, 9.17) is 34.8 Å². The van der Waals surface area contributed by atoms with E-state index >= 15 is 0 Å². The first-order valence-electron chi connectivity index (χ1n) is 12.6. The van der Waals surface area contributed by atoms with Gasteiger partial charge in [0.1, 0.15) is 0 Å². The van der Waals surface area contributed by atoms with Crippen molar-refractivity contribution in [2.24, 2.45) is 26.9 Å². The molecule has 39 heavy (non-hydrogen) atoms.